The van der Waals surface area contributed by atoms with Crippen molar-refractivity contribution in [3.63, 3.8) is 0 Å². The summed E-state index contributed by atoms with van der Waals surface area (Å²) < 4.78 is 40.9. The number of hydrogen-bond donors (Lipinski definition) is 1. The number of carboxylic acids is 1. The van der Waals surface area contributed by atoms with Crippen LogP contribution in [0.2, 0.25) is 0 Å². The molecule has 0 saturated carbocycles. The summed E-state index contributed by atoms with van der Waals surface area (Å²) in [5, 5.41) is 8.43. The molecule has 0 aromatic heterocycles. The molecule has 0 spiro atoms. The minimum Gasteiger partial charge on any atom is -0.481 e. The summed E-state index contributed by atoms with van der Waals surface area (Å²) in [5.41, 5.74) is 0.114. The van der Waals surface area contributed by atoms with Gasteiger partial charge in [-0.2, -0.15) is 8.78 Å². The third-order valence-corrected chi connectivity index (χ3v) is 1.85. The van der Waals surface area contributed by atoms with E-state index in [-0.39, 0.29) is 24.2 Å². The van der Waals surface area contributed by atoms with Gasteiger partial charge in [-0.05, 0) is 30.2 Å². The van der Waals surface area contributed by atoms with E-state index >= 15 is 0 Å². The van der Waals surface area contributed by atoms with Gasteiger partial charge in [0, 0.05) is 6.42 Å². The van der Waals surface area contributed by atoms with Crippen molar-refractivity contribution in [2.45, 2.75) is 19.5 Å². The number of rotatable bonds is 5. The number of hydrogen-bond acceptors (Lipinski definition) is 2. The Hall–Kier alpha value is -1.72. The molecule has 1 rings (SSSR count). The molecule has 1 N–H and O–H groups in total. The van der Waals surface area contributed by atoms with Gasteiger partial charge in [0.05, 0.1) is 0 Å². The molecular formula is C10H9F3O3. The zero-order chi connectivity index (χ0) is 12.1. The van der Waals surface area contributed by atoms with Crippen molar-refractivity contribution in [2.24, 2.45) is 0 Å². The van der Waals surface area contributed by atoms with E-state index < -0.39 is 18.4 Å². The number of alkyl halides is 2. The zero-order valence-corrected chi connectivity index (χ0v) is 8.12. The molecule has 0 atom stereocenters. The molecule has 16 heavy (non-hydrogen) atoms. The molecule has 0 bridgehead atoms. The van der Waals surface area contributed by atoms with E-state index in [1.165, 1.54) is 0 Å². The van der Waals surface area contributed by atoms with Crippen LogP contribution in [0.4, 0.5) is 13.2 Å². The Morgan fingerprint density at radius 1 is 1.44 bits per heavy atom. The summed E-state index contributed by atoms with van der Waals surface area (Å²) >= 11 is 0. The standard InChI is InChI=1S/C10H9F3O3/c11-7-2-3-8(16-10(12)13)6(5-7)1-4-9(14)15/h2-3,5,10H,1,4H2,(H,14,15). The molecule has 0 aliphatic carbocycles. The summed E-state index contributed by atoms with van der Waals surface area (Å²) in [5.74, 6) is -1.91. The zero-order valence-electron chi connectivity index (χ0n) is 8.12. The van der Waals surface area contributed by atoms with Gasteiger partial charge >= 0.3 is 12.6 Å². The summed E-state index contributed by atoms with van der Waals surface area (Å²) in [4.78, 5) is 10.3. The minimum atomic E-state index is -3.02. The van der Waals surface area contributed by atoms with Gasteiger partial charge < -0.3 is 9.84 Å². The van der Waals surface area contributed by atoms with Crippen molar-refractivity contribution in [3.05, 3.63) is 29.6 Å². The molecule has 0 saturated heterocycles. The second-order valence-corrected chi connectivity index (χ2v) is 3.02. The number of halogens is 3. The van der Waals surface area contributed by atoms with Gasteiger partial charge in [-0.25, -0.2) is 4.39 Å². The molecule has 1 aromatic rings. The number of aliphatic carboxylic acids is 1. The molecule has 3 nitrogen and oxygen atoms in total. The van der Waals surface area contributed by atoms with Crippen LogP contribution in [-0.4, -0.2) is 17.7 Å². The lowest BCUT2D eigenvalue weighted by atomic mass is 10.1. The van der Waals surface area contributed by atoms with Crippen LogP contribution >= 0.6 is 0 Å². The van der Waals surface area contributed by atoms with E-state index in [9.17, 15) is 18.0 Å². The molecule has 6 heteroatoms. The second kappa shape index (κ2) is 5.39. The highest BCUT2D eigenvalue weighted by molar-refractivity contribution is 5.67. The monoisotopic (exact) mass is 234 g/mol. The third-order valence-electron chi connectivity index (χ3n) is 1.85. The fourth-order valence-corrected chi connectivity index (χ4v) is 1.20. The number of carboxylic acid groups (broad SMARTS) is 1. The summed E-state index contributed by atoms with van der Waals surface area (Å²) in [7, 11) is 0. The minimum absolute atomic E-state index is 0.0604. The average molecular weight is 234 g/mol. The van der Waals surface area contributed by atoms with Crippen molar-refractivity contribution in [2.75, 3.05) is 0 Å². The van der Waals surface area contributed by atoms with Crippen molar-refractivity contribution in [1.82, 2.24) is 0 Å². The van der Waals surface area contributed by atoms with E-state index in [1.54, 1.807) is 0 Å². The molecule has 0 unspecified atom stereocenters. The van der Waals surface area contributed by atoms with Gasteiger partial charge in [0.15, 0.2) is 0 Å². The van der Waals surface area contributed by atoms with Gasteiger partial charge in [0.1, 0.15) is 11.6 Å². The molecule has 0 radical (unpaired) electrons. The highest BCUT2D eigenvalue weighted by Crippen LogP contribution is 2.23. The lowest BCUT2D eigenvalue weighted by molar-refractivity contribution is -0.136. The van der Waals surface area contributed by atoms with Crippen molar-refractivity contribution in [3.8, 4) is 5.75 Å². The van der Waals surface area contributed by atoms with Crippen LogP contribution in [0.5, 0.6) is 5.75 Å². The van der Waals surface area contributed by atoms with E-state index in [4.69, 9.17) is 5.11 Å². The van der Waals surface area contributed by atoms with E-state index in [0.717, 1.165) is 18.2 Å². The average Bonchev–Trinajstić information content (AvgIpc) is 2.17. The number of benzene rings is 1. The highest BCUT2D eigenvalue weighted by atomic mass is 19.3. The van der Waals surface area contributed by atoms with Gasteiger partial charge in [-0.15, -0.1) is 0 Å². The van der Waals surface area contributed by atoms with Gasteiger partial charge in [0.25, 0.3) is 0 Å². The largest absolute Gasteiger partial charge is 0.481 e. The summed E-state index contributed by atoms with van der Waals surface area (Å²) in [6, 6.07) is 3.02. The highest BCUT2D eigenvalue weighted by Gasteiger charge is 2.11. The van der Waals surface area contributed by atoms with Crippen LogP contribution in [-0.2, 0) is 11.2 Å². The first-order chi connectivity index (χ1) is 7.49. The predicted molar refractivity (Wildman–Crippen MR) is 49.0 cm³/mol. The molecule has 0 heterocycles. The Labute approximate surface area is 89.5 Å². The lowest BCUT2D eigenvalue weighted by Gasteiger charge is -2.09. The van der Waals surface area contributed by atoms with Crippen LogP contribution in [0.25, 0.3) is 0 Å². The lowest BCUT2D eigenvalue weighted by Crippen LogP contribution is -2.06. The van der Waals surface area contributed by atoms with E-state index in [1.807, 2.05) is 0 Å². The van der Waals surface area contributed by atoms with E-state index in [2.05, 4.69) is 4.74 Å². The fourth-order valence-electron chi connectivity index (χ4n) is 1.20. The summed E-state index contributed by atoms with van der Waals surface area (Å²) in [6.07, 6.45) is -0.335. The number of carbonyl (C=O) groups is 1. The van der Waals surface area contributed by atoms with Gasteiger partial charge in [-0.3, -0.25) is 4.79 Å². The van der Waals surface area contributed by atoms with Gasteiger partial charge in [-0.1, -0.05) is 0 Å². The predicted octanol–water partition coefficient (Wildman–Crippen LogP) is 2.44. The molecule has 0 aliphatic heterocycles. The molecule has 1 aromatic carbocycles. The smallest absolute Gasteiger partial charge is 0.387 e. The van der Waals surface area contributed by atoms with Crippen LogP contribution < -0.4 is 4.74 Å². The molecule has 0 amide bonds. The number of aryl methyl sites for hydroxylation is 1. The summed E-state index contributed by atoms with van der Waals surface area (Å²) in [6.45, 7) is -3.02. The van der Waals surface area contributed by atoms with Crippen LogP contribution in [0.1, 0.15) is 12.0 Å². The quantitative estimate of drug-likeness (QED) is 0.851. The SMILES string of the molecule is O=C(O)CCc1cc(F)ccc1OC(F)F. The maximum atomic E-state index is 12.8. The Kier molecular flexibility index (Phi) is 4.16. The van der Waals surface area contributed by atoms with E-state index in [0.29, 0.717) is 0 Å². The normalized spacial score (nSPS) is 10.5. The molecule has 0 fully saturated rings. The van der Waals surface area contributed by atoms with Crippen LogP contribution in [0, 0.1) is 5.82 Å². The molecule has 0 aliphatic rings. The van der Waals surface area contributed by atoms with Crippen molar-refractivity contribution in [1.29, 1.82) is 0 Å². The molecule has 88 valence electrons. The topological polar surface area (TPSA) is 46.5 Å². The molecular weight excluding hydrogens is 225 g/mol. The third kappa shape index (κ3) is 3.80. The first kappa shape index (κ1) is 12.4. The maximum absolute atomic E-state index is 12.8. The first-order valence-corrected chi connectivity index (χ1v) is 4.44. The van der Waals surface area contributed by atoms with Crippen LogP contribution in [0.3, 0.4) is 0 Å². The maximum Gasteiger partial charge on any atom is 0.387 e. The van der Waals surface area contributed by atoms with Crippen molar-refractivity contribution < 1.29 is 27.8 Å². The Bertz CT molecular complexity index is 380. The number of ether oxygens (including phenoxy) is 1. The Morgan fingerprint density at radius 2 is 2.12 bits per heavy atom. The van der Waals surface area contributed by atoms with Crippen molar-refractivity contribution >= 4 is 5.97 Å². The fraction of sp³-hybridized carbons (Fsp3) is 0.300. The first-order valence-electron chi connectivity index (χ1n) is 4.44. The Balaban J connectivity index is 2.84. The Morgan fingerprint density at radius 3 is 2.69 bits per heavy atom. The van der Waals surface area contributed by atoms with Gasteiger partial charge in [0.2, 0.25) is 0 Å². The second-order valence-electron chi connectivity index (χ2n) is 3.02. The van der Waals surface area contributed by atoms with Crippen LogP contribution in [0.15, 0.2) is 18.2 Å².